The second kappa shape index (κ2) is 12.6. The van der Waals surface area contributed by atoms with Crippen molar-refractivity contribution < 1.29 is 27.6 Å². The Labute approximate surface area is 273 Å². The Bertz CT molecular complexity index is 1670. The number of aromatic amines is 2. The fraction of sp³-hybridized carbons (Fsp3) is 0.531. The number of likely N-dealkylation sites (tertiary alicyclic amines) is 1. The molecule has 250 valence electrons. The van der Waals surface area contributed by atoms with Crippen LogP contribution in [0.25, 0.3) is 0 Å². The van der Waals surface area contributed by atoms with Crippen LogP contribution in [0.3, 0.4) is 0 Å². The highest BCUT2D eigenvalue weighted by Crippen LogP contribution is 2.46. The molecule has 2 atom stereocenters. The lowest BCUT2D eigenvalue weighted by molar-refractivity contribution is -0.141. The summed E-state index contributed by atoms with van der Waals surface area (Å²) >= 11 is 6.44. The minimum Gasteiger partial charge on any atom is -0.349 e. The number of halogens is 4. The van der Waals surface area contributed by atoms with Crippen LogP contribution in [-0.2, 0) is 23.8 Å². The standard InChI is InChI=1S/C32H36ClF3N8O3/c33-24-12-18(4-5-20(24)29(45)41-26-22-14-44(15-23(22)26)31(47)17-6-8-37-9-7-17)40-30(46)28-38-13-19(39-28)11-21-25(10-16-2-1-3-16)42-43-27(21)32(34,35)36/h4-5,12-13,16-17,22-23,26,37H,1-3,6-11,14-15H2,(H,38,39)(H,40,46)(H,41,45)(H,42,43). The largest absolute Gasteiger partial charge is 0.435 e. The van der Waals surface area contributed by atoms with Gasteiger partial charge in [-0.05, 0) is 56.5 Å². The minimum absolute atomic E-state index is 0.00767. The Kier molecular flexibility index (Phi) is 8.49. The fourth-order valence-corrected chi connectivity index (χ4v) is 7.45. The van der Waals surface area contributed by atoms with Crippen LogP contribution in [0.1, 0.15) is 75.7 Å². The molecule has 47 heavy (non-hydrogen) atoms. The molecule has 4 fully saturated rings. The van der Waals surface area contributed by atoms with Crippen molar-refractivity contribution in [1.82, 2.24) is 35.7 Å². The number of H-pyrrole nitrogens is 2. The Hall–Kier alpha value is -3.91. The lowest BCUT2D eigenvalue weighted by Gasteiger charge is -2.28. The van der Waals surface area contributed by atoms with Gasteiger partial charge in [0.25, 0.3) is 11.8 Å². The molecule has 2 unspecified atom stereocenters. The highest BCUT2D eigenvalue weighted by molar-refractivity contribution is 6.34. The van der Waals surface area contributed by atoms with Crippen LogP contribution in [0.4, 0.5) is 18.9 Å². The van der Waals surface area contributed by atoms with E-state index < -0.39 is 17.8 Å². The molecule has 1 aromatic carbocycles. The van der Waals surface area contributed by atoms with Gasteiger partial charge in [0, 0.05) is 72.1 Å². The topological polar surface area (TPSA) is 148 Å². The first-order valence-corrected chi connectivity index (χ1v) is 16.5. The maximum absolute atomic E-state index is 13.7. The summed E-state index contributed by atoms with van der Waals surface area (Å²) in [6, 6.07) is 4.52. The van der Waals surface area contributed by atoms with Gasteiger partial charge in [0.05, 0.1) is 10.6 Å². The molecule has 3 aromatic rings. The van der Waals surface area contributed by atoms with Crippen molar-refractivity contribution in [1.29, 1.82) is 0 Å². The second-order valence-electron chi connectivity index (χ2n) is 13.2. The molecular formula is C32H36ClF3N8O3. The average molecular weight is 673 g/mol. The van der Waals surface area contributed by atoms with Gasteiger partial charge in [-0.25, -0.2) is 4.98 Å². The molecule has 2 aromatic heterocycles. The van der Waals surface area contributed by atoms with E-state index >= 15 is 0 Å². The van der Waals surface area contributed by atoms with Gasteiger partial charge in [-0.3, -0.25) is 19.5 Å². The van der Waals surface area contributed by atoms with Crippen LogP contribution in [0.5, 0.6) is 0 Å². The van der Waals surface area contributed by atoms with Crippen molar-refractivity contribution in [2.24, 2.45) is 23.7 Å². The molecule has 0 radical (unpaired) electrons. The lowest BCUT2D eigenvalue weighted by Crippen LogP contribution is -2.43. The summed E-state index contributed by atoms with van der Waals surface area (Å²) in [5, 5.41) is 15.3. The van der Waals surface area contributed by atoms with E-state index in [9.17, 15) is 27.6 Å². The van der Waals surface area contributed by atoms with Crippen molar-refractivity contribution >= 4 is 35.0 Å². The number of anilines is 1. The second-order valence-corrected chi connectivity index (χ2v) is 13.6. The molecule has 2 saturated heterocycles. The number of carbonyl (C=O) groups is 3. The van der Waals surface area contributed by atoms with Crippen LogP contribution in [0.15, 0.2) is 24.4 Å². The Balaban J connectivity index is 0.934. The Morgan fingerprint density at radius 2 is 1.79 bits per heavy atom. The van der Waals surface area contributed by atoms with E-state index in [0.717, 1.165) is 45.2 Å². The number of nitrogens with one attached hydrogen (secondary N) is 5. The third-order valence-electron chi connectivity index (χ3n) is 10.1. The average Bonchev–Trinajstić information content (AvgIpc) is 3.48. The van der Waals surface area contributed by atoms with Gasteiger partial charge in [-0.1, -0.05) is 30.9 Å². The molecular weight excluding hydrogens is 637 g/mol. The molecule has 5 N–H and O–H groups in total. The van der Waals surface area contributed by atoms with Crippen molar-refractivity contribution in [2.45, 2.75) is 57.2 Å². The SMILES string of the molecule is O=C(Nc1ccc(C(=O)NC2C3CN(C(=O)C4CCNCC4)CC32)c(Cl)c1)c1ncc(Cc2c(C(F)(F)F)n[nH]c2CC2CCC2)[nH]1. The summed E-state index contributed by atoms with van der Waals surface area (Å²) in [5.74, 6) is 0.0947. The monoisotopic (exact) mass is 672 g/mol. The summed E-state index contributed by atoms with van der Waals surface area (Å²) in [4.78, 5) is 47.6. The summed E-state index contributed by atoms with van der Waals surface area (Å²) in [5.41, 5.74) is 0.471. The molecule has 2 aliphatic carbocycles. The number of rotatable bonds is 9. The van der Waals surface area contributed by atoms with Crippen molar-refractivity contribution in [3.8, 4) is 0 Å². The van der Waals surface area contributed by atoms with Crippen molar-refractivity contribution in [3.05, 3.63) is 63.5 Å². The van der Waals surface area contributed by atoms with E-state index in [1.807, 2.05) is 4.90 Å². The third kappa shape index (κ3) is 6.62. The zero-order chi connectivity index (χ0) is 32.9. The molecule has 3 amide bonds. The number of imidazole rings is 1. The molecule has 7 rings (SSSR count). The molecule has 0 spiro atoms. The number of benzene rings is 1. The number of hydrogen-bond acceptors (Lipinski definition) is 6. The third-order valence-corrected chi connectivity index (χ3v) is 10.4. The molecule has 4 heterocycles. The number of amides is 3. The maximum Gasteiger partial charge on any atom is 0.435 e. The van der Waals surface area contributed by atoms with E-state index in [-0.39, 0.29) is 64.0 Å². The number of alkyl halides is 3. The first-order chi connectivity index (χ1) is 22.5. The zero-order valence-electron chi connectivity index (χ0n) is 25.6. The van der Waals surface area contributed by atoms with Crippen LogP contribution in [0, 0.1) is 23.7 Å². The molecule has 4 aliphatic rings. The fourth-order valence-electron chi connectivity index (χ4n) is 7.18. The highest BCUT2D eigenvalue weighted by atomic mass is 35.5. The number of piperidine rings is 2. The van der Waals surface area contributed by atoms with E-state index in [1.54, 1.807) is 6.07 Å². The highest BCUT2D eigenvalue weighted by Gasteiger charge is 2.57. The van der Waals surface area contributed by atoms with Crippen molar-refractivity contribution in [2.75, 3.05) is 31.5 Å². The Morgan fingerprint density at radius 3 is 2.45 bits per heavy atom. The maximum atomic E-state index is 13.7. The van der Waals surface area contributed by atoms with E-state index in [0.29, 0.717) is 42.5 Å². The van der Waals surface area contributed by atoms with Crippen LogP contribution in [0.2, 0.25) is 5.02 Å². The molecule has 11 nitrogen and oxygen atoms in total. The smallest absolute Gasteiger partial charge is 0.349 e. The molecule has 2 aliphatic heterocycles. The molecule has 2 saturated carbocycles. The van der Waals surface area contributed by atoms with E-state index in [4.69, 9.17) is 11.6 Å². The van der Waals surface area contributed by atoms with Gasteiger partial charge >= 0.3 is 6.18 Å². The van der Waals surface area contributed by atoms with Gasteiger partial charge in [-0.15, -0.1) is 0 Å². The number of carbonyl (C=O) groups excluding carboxylic acids is 3. The zero-order valence-corrected chi connectivity index (χ0v) is 26.3. The number of aromatic nitrogens is 4. The van der Waals surface area contributed by atoms with Gasteiger partial charge in [0.1, 0.15) is 0 Å². The minimum atomic E-state index is -4.61. The summed E-state index contributed by atoms with van der Waals surface area (Å²) in [6.07, 6.45) is 1.86. The normalized spacial score (nSPS) is 22.9. The first-order valence-electron chi connectivity index (χ1n) is 16.1. The molecule has 15 heteroatoms. The van der Waals surface area contributed by atoms with Gasteiger partial charge in [0.15, 0.2) is 11.5 Å². The van der Waals surface area contributed by atoms with Gasteiger partial charge in [-0.2, -0.15) is 18.3 Å². The van der Waals surface area contributed by atoms with E-state index in [1.165, 1.54) is 18.3 Å². The van der Waals surface area contributed by atoms with Gasteiger partial charge in [0.2, 0.25) is 5.91 Å². The van der Waals surface area contributed by atoms with Crippen molar-refractivity contribution in [3.63, 3.8) is 0 Å². The van der Waals surface area contributed by atoms with Crippen LogP contribution >= 0.6 is 11.6 Å². The predicted molar refractivity (Wildman–Crippen MR) is 166 cm³/mol. The number of fused-ring (bicyclic) bond motifs is 1. The Morgan fingerprint density at radius 1 is 1.04 bits per heavy atom. The quantitative estimate of drug-likeness (QED) is 0.231. The number of nitrogens with zero attached hydrogens (tertiary/aromatic N) is 3. The lowest BCUT2D eigenvalue weighted by atomic mass is 9.81. The summed E-state index contributed by atoms with van der Waals surface area (Å²) in [7, 11) is 0. The number of hydrogen-bond donors (Lipinski definition) is 5. The predicted octanol–water partition coefficient (Wildman–Crippen LogP) is 4.18. The van der Waals surface area contributed by atoms with Crippen LogP contribution < -0.4 is 16.0 Å². The van der Waals surface area contributed by atoms with E-state index in [2.05, 4.69) is 36.1 Å². The van der Waals surface area contributed by atoms with Gasteiger partial charge < -0.3 is 25.8 Å². The summed E-state index contributed by atoms with van der Waals surface area (Å²) in [6.45, 7) is 3.04. The molecule has 0 bridgehead atoms. The first kappa shape index (κ1) is 31.7. The van der Waals surface area contributed by atoms with Crippen LogP contribution in [-0.4, -0.2) is 75.0 Å². The summed E-state index contributed by atoms with van der Waals surface area (Å²) < 4.78 is 41.0.